The zero-order valence-corrected chi connectivity index (χ0v) is 13.0. The van der Waals surface area contributed by atoms with E-state index < -0.39 is 0 Å². The van der Waals surface area contributed by atoms with Crippen LogP contribution < -0.4 is 0 Å². The third kappa shape index (κ3) is 3.56. The quantitative estimate of drug-likeness (QED) is 0.774. The van der Waals surface area contributed by atoms with Crippen molar-refractivity contribution in [3.63, 3.8) is 0 Å². The van der Waals surface area contributed by atoms with Gasteiger partial charge in [0.2, 0.25) is 0 Å². The van der Waals surface area contributed by atoms with Gasteiger partial charge in [0.05, 0.1) is 21.1 Å². The van der Waals surface area contributed by atoms with E-state index in [1.165, 1.54) is 0 Å². The molecule has 0 spiro atoms. The zero-order chi connectivity index (χ0) is 13.1. The van der Waals surface area contributed by atoms with Gasteiger partial charge in [-0.3, -0.25) is 4.99 Å². The molecule has 0 amide bonds. The number of benzene rings is 1. The number of aliphatic hydroxyl groups excluding tert-OH is 1. The van der Waals surface area contributed by atoms with Crippen molar-refractivity contribution >= 4 is 38.1 Å². The molecule has 3 nitrogen and oxygen atoms in total. The minimum atomic E-state index is -0.209. The molecule has 2 atom stereocenters. The van der Waals surface area contributed by atoms with Gasteiger partial charge in [-0.25, -0.2) is 0 Å². The number of aromatic hydroxyl groups is 1. The van der Waals surface area contributed by atoms with E-state index in [0.29, 0.717) is 8.95 Å². The summed E-state index contributed by atoms with van der Waals surface area (Å²) in [5.74, 6) is 0.195. The largest absolute Gasteiger partial charge is 0.506 e. The summed E-state index contributed by atoms with van der Waals surface area (Å²) in [5.41, 5.74) is 0.923. The molecular weight excluding hydrogens is 362 g/mol. The van der Waals surface area contributed by atoms with Crippen molar-refractivity contribution in [1.29, 1.82) is 0 Å². The molecule has 2 N–H and O–H groups in total. The fraction of sp³-hybridized carbons (Fsp3) is 0.462. The second kappa shape index (κ2) is 6.17. The van der Waals surface area contributed by atoms with Crippen molar-refractivity contribution < 1.29 is 10.2 Å². The maximum atomic E-state index is 9.61. The first kappa shape index (κ1) is 14.0. The molecule has 1 aromatic rings. The Hall–Kier alpha value is -0.390. The molecular formula is C13H15Br2NO2. The molecule has 1 aromatic carbocycles. The monoisotopic (exact) mass is 375 g/mol. The molecule has 5 heteroatoms. The highest BCUT2D eigenvalue weighted by atomic mass is 79.9. The zero-order valence-electron chi connectivity index (χ0n) is 9.81. The minimum absolute atomic E-state index is 0.195. The minimum Gasteiger partial charge on any atom is -0.506 e. The van der Waals surface area contributed by atoms with Crippen LogP contribution >= 0.6 is 31.9 Å². The first-order chi connectivity index (χ1) is 8.56. The molecule has 1 aliphatic carbocycles. The smallest absolute Gasteiger partial charge is 0.143 e. The maximum absolute atomic E-state index is 9.61. The van der Waals surface area contributed by atoms with Crippen LogP contribution in [0.4, 0.5) is 0 Å². The Morgan fingerprint density at radius 2 is 1.89 bits per heavy atom. The molecule has 0 aromatic heterocycles. The van der Waals surface area contributed by atoms with Crippen molar-refractivity contribution in [3.8, 4) is 5.75 Å². The summed E-state index contributed by atoms with van der Waals surface area (Å²) >= 11 is 6.58. The van der Waals surface area contributed by atoms with E-state index in [9.17, 15) is 10.2 Å². The fourth-order valence-electron chi connectivity index (χ4n) is 2.13. The molecule has 0 saturated heterocycles. The molecule has 1 aliphatic rings. The van der Waals surface area contributed by atoms with Gasteiger partial charge in [0, 0.05) is 6.21 Å². The van der Waals surface area contributed by atoms with Crippen LogP contribution in [0.3, 0.4) is 0 Å². The maximum Gasteiger partial charge on any atom is 0.143 e. The average Bonchev–Trinajstić information content (AvgIpc) is 2.33. The van der Waals surface area contributed by atoms with E-state index >= 15 is 0 Å². The molecule has 0 radical (unpaired) electrons. The van der Waals surface area contributed by atoms with Crippen molar-refractivity contribution in [1.82, 2.24) is 0 Å². The predicted molar refractivity (Wildman–Crippen MR) is 79.4 cm³/mol. The molecule has 2 rings (SSSR count). The summed E-state index contributed by atoms with van der Waals surface area (Å²) < 4.78 is 1.28. The Bertz CT molecular complexity index is 439. The Morgan fingerprint density at radius 1 is 1.22 bits per heavy atom. The molecule has 18 heavy (non-hydrogen) atoms. The number of halogens is 2. The lowest BCUT2D eigenvalue weighted by Crippen LogP contribution is -2.22. The number of aliphatic imine (C=N–C) groups is 1. The highest BCUT2D eigenvalue weighted by molar-refractivity contribution is 9.11. The molecule has 0 heterocycles. The summed E-state index contributed by atoms with van der Waals surface area (Å²) in [6.07, 6.45) is 5.30. The second-order valence-corrected chi connectivity index (χ2v) is 6.29. The SMILES string of the molecule is Oc1c(Br)cc(C=N[C@@H]2CCC[C@H](O)C2)cc1Br. The van der Waals surface area contributed by atoms with Gasteiger partial charge < -0.3 is 10.2 Å². The molecule has 1 fully saturated rings. The van der Waals surface area contributed by atoms with Crippen molar-refractivity contribution in [2.45, 2.75) is 37.8 Å². The topological polar surface area (TPSA) is 52.8 Å². The van der Waals surface area contributed by atoms with E-state index in [1.54, 1.807) is 6.21 Å². The summed E-state index contributed by atoms with van der Waals surface area (Å²) in [6, 6.07) is 3.85. The number of hydrogen-bond donors (Lipinski definition) is 2. The summed E-state index contributed by atoms with van der Waals surface area (Å²) in [6.45, 7) is 0. The number of rotatable bonds is 2. The number of nitrogens with zero attached hydrogens (tertiary/aromatic N) is 1. The van der Waals surface area contributed by atoms with Gasteiger partial charge in [0.15, 0.2) is 0 Å². The van der Waals surface area contributed by atoms with Gasteiger partial charge in [-0.15, -0.1) is 0 Å². The summed E-state index contributed by atoms with van der Waals surface area (Å²) in [7, 11) is 0. The van der Waals surface area contributed by atoms with Crippen LogP contribution in [0, 0.1) is 0 Å². The molecule has 0 bridgehead atoms. The lowest BCUT2D eigenvalue weighted by atomic mass is 9.93. The second-order valence-electron chi connectivity index (χ2n) is 4.59. The Morgan fingerprint density at radius 3 is 2.50 bits per heavy atom. The molecule has 0 unspecified atom stereocenters. The van der Waals surface area contributed by atoms with E-state index in [1.807, 2.05) is 12.1 Å². The predicted octanol–water partition coefficient (Wildman–Crippen LogP) is 3.64. The van der Waals surface area contributed by atoms with Crippen LogP contribution in [0.1, 0.15) is 31.2 Å². The molecule has 1 saturated carbocycles. The van der Waals surface area contributed by atoms with Crippen LogP contribution in [0.2, 0.25) is 0 Å². The summed E-state index contributed by atoms with van der Waals surface area (Å²) in [4.78, 5) is 4.51. The lowest BCUT2D eigenvalue weighted by Gasteiger charge is -2.22. The number of phenolic OH excluding ortho intramolecular Hbond substituents is 1. The number of aliphatic hydroxyl groups is 1. The highest BCUT2D eigenvalue weighted by Crippen LogP contribution is 2.33. The Kier molecular flexibility index (Phi) is 4.81. The van der Waals surface area contributed by atoms with Crippen LogP contribution in [0.15, 0.2) is 26.1 Å². The van der Waals surface area contributed by atoms with Crippen molar-refractivity contribution in [3.05, 3.63) is 26.6 Å². The van der Waals surface area contributed by atoms with Crippen LogP contribution in [-0.2, 0) is 0 Å². The molecule has 0 aliphatic heterocycles. The van der Waals surface area contributed by atoms with Gasteiger partial charge >= 0.3 is 0 Å². The van der Waals surface area contributed by atoms with Crippen LogP contribution in [-0.4, -0.2) is 28.6 Å². The molecule has 98 valence electrons. The first-order valence-electron chi connectivity index (χ1n) is 5.95. The highest BCUT2D eigenvalue weighted by Gasteiger charge is 2.18. The first-order valence-corrected chi connectivity index (χ1v) is 7.54. The van der Waals surface area contributed by atoms with E-state index in [2.05, 4.69) is 36.9 Å². The third-order valence-electron chi connectivity index (χ3n) is 3.09. The van der Waals surface area contributed by atoms with Crippen molar-refractivity contribution in [2.24, 2.45) is 4.99 Å². The van der Waals surface area contributed by atoms with Gasteiger partial charge in [-0.1, -0.05) is 0 Å². The normalized spacial score (nSPS) is 24.6. The summed E-state index contributed by atoms with van der Waals surface area (Å²) in [5, 5.41) is 19.2. The number of hydrogen-bond acceptors (Lipinski definition) is 3. The third-order valence-corrected chi connectivity index (χ3v) is 4.30. The van der Waals surface area contributed by atoms with Gasteiger partial charge in [-0.05, 0) is 75.2 Å². The van der Waals surface area contributed by atoms with Gasteiger partial charge in [0.1, 0.15) is 5.75 Å². The Labute approximate surface area is 123 Å². The van der Waals surface area contributed by atoms with Gasteiger partial charge in [0.25, 0.3) is 0 Å². The van der Waals surface area contributed by atoms with Crippen LogP contribution in [0.25, 0.3) is 0 Å². The Balaban J connectivity index is 2.09. The van der Waals surface area contributed by atoms with Crippen LogP contribution in [0.5, 0.6) is 5.75 Å². The van der Waals surface area contributed by atoms with Gasteiger partial charge in [-0.2, -0.15) is 0 Å². The average molecular weight is 377 g/mol. The van der Waals surface area contributed by atoms with Crippen molar-refractivity contribution in [2.75, 3.05) is 0 Å². The van der Waals surface area contributed by atoms with E-state index in [-0.39, 0.29) is 17.9 Å². The standard InChI is InChI=1S/C13H15Br2NO2/c14-11-4-8(5-12(15)13(11)18)7-16-9-2-1-3-10(17)6-9/h4-5,7,9-10,17-18H,1-3,6H2/t9-,10+/m1/s1. The van der Waals surface area contributed by atoms with E-state index in [0.717, 1.165) is 31.2 Å². The lowest BCUT2D eigenvalue weighted by molar-refractivity contribution is 0.121. The van der Waals surface area contributed by atoms with E-state index in [4.69, 9.17) is 0 Å². The fourth-order valence-corrected chi connectivity index (χ4v) is 3.35. The number of phenols is 1.